The Morgan fingerprint density at radius 2 is 1.55 bits per heavy atom. The summed E-state index contributed by atoms with van der Waals surface area (Å²) in [5.41, 5.74) is 2.21. The molecule has 2 aromatic rings. The lowest BCUT2D eigenvalue weighted by Crippen LogP contribution is -2.45. The van der Waals surface area contributed by atoms with Crippen LogP contribution in [0.1, 0.15) is 22.8 Å². The lowest BCUT2D eigenvalue weighted by molar-refractivity contribution is -0.112. The van der Waals surface area contributed by atoms with Gasteiger partial charge >= 0.3 is 0 Å². The van der Waals surface area contributed by atoms with E-state index in [1.54, 1.807) is 24.3 Å². The molecule has 4 rings (SSSR count). The van der Waals surface area contributed by atoms with Gasteiger partial charge in [0.1, 0.15) is 5.75 Å². The number of hydrogen-bond donors (Lipinski definition) is 0. The highest BCUT2D eigenvalue weighted by Gasteiger charge is 2.37. The van der Waals surface area contributed by atoms with Crippen molar-refractivity contribution in [2.75, 3.05) is 44.7 Å². The highest BCUT2D eigenvalue weighted by atomic mass is 16.5. The number of methoxy groups -OCH3 is 1. The van der Waals surface area contributed by atoms with Crippen LogP contribution < -0.4 is 9.64 Å². The Kier molecular flexibility index (Phi) is 5.36. The van der Waals surface area contributed by atoms with Crippen molar-refractivity contribution in [3.05, 3.63) is 65.9 Å². The minimum Gasteiger partial charge on any atom is -0.495 e. The molecule has 2 heterocycles. The molecule has 2 aliphatic rings. The van der Waals surface area contributed by atoms with Gasteiger partial charge in [-0.3, -0.25) is 9.59 Å². The minimum atomic E-state index is -0.331. The first-order valence-electron chi connectivity index (χ1n) is 9.93. The molecule has 6 heteroatoms. The van der Waals surface area contributed by atoms with Crippen LogP contribution in [0.25, 0.3) is 5.57 Å². The Morgan fingerprint density at radius 3 is 2.24 bits per heavy atom. The highest BCUT2D eigenvalue weighted by molar-refractivity contribution is 6.41. The molecule has 1 fully saturated rings. The van der Waals surface area contributed by atoms with E-state index in [2.05, 4.69) is 16.7 Å². The molecule has 6 nitrogen and oxygen atoms in total. The van der Waals surface area contributed by atoms with Crippen LogP contribution in [0.4, 0.5) is 5.69 Å². The van der Waals surface area contributed by atoms with Crippen molar-refractivity contribution in [3.8, 4) is 5.75 Å². The number of nitrogens with zero attached hydrogens (tertiary/aromatic N) is 3. The molecule has 0 atom stereocenters. The number of anilines is 1. The van der Waals surface area contributed by atoms with Gasteiger partial charge in [0.25, 0.3) is 11.8 Å². The number of benzene rings is 2. The van der Waals surface area contributed by atoms with E-state index in [4.69, 9.17) is 4.74 Å². The van der Waals surface area contributed by atoms with E-state index in [0.29, 0.717) is 28.1 Å². The third-order valence-electron chi connectivity index (χ3n) is 5.58. The SMILES string of the molecule is CCN1CCN(C=C2C(=O)N(c3ccccc3OC)C(=O)c3ccccc32)CC1. The number of likely N-dealkylation sites (N-methyl/N-ethyl adjacent to an activating group) is 1. The number of ether oxygens (including phenoxy) is 1. The first-order chi connectivity index (χ1) is 14.1. The Hall–Kier alpha value is -3.12. The summed E-state index contributed by atoms with van der Waals surface area (Å²) in [5.74, 6) is -0.163. The van der Waals surface area contributed by atoms with E-state index in [0.717, 1.165) is 32.7 Å². The fourth-order valence-corrected chi connectivity index (χ4v) is 3.90. The van der Waals surface area contributed by atoms with Crippen LogP contribution in [0, 0.1) is 0 Å². The van der Waals surface area contributed by atoms with E-state index in [9.17, 15) is 9.59 Å². The maximum Gasteiger partial charge on any atom is 0.267 e. The van der Waals surface area contributed by atoms with Crippen LogP contribution >= 0.6 is 0 Å². The molecular weight excluding hydrogens is 366 g/mol. The summed E-state index contributed by atoms with van der Waals surface area (Å²) in [4.78, 5) is 32.5. The van der Waals surface area contributed by atoms with Crippen molar-refractivity contribution in [2.45, 2.75) is 6.92 Å². The van der Waals surface area contributed by atoms with Crippen LogP contribution in [0.3, 0.4) is 0 Å². The quantitative estimate of drug-likeness (QED) is 0.593. The van der Waals surface area contributed by atoms with Crippen LogP contribution in [0.2, 0.25) is 0 Å². The Labute approximate surface area is 171 Å². The number of hydrogen-bond acceptors (Lipinski definition) is 5. The largest absolute Gasteiger partial charge is 0.495 e. The Bertz CT molecular complexity index is 961. The predicted molar refractivity (Wildman–Crippen MR) is 113 cm³/mol. The normalized spacial score (nSPS) is 18.9. The van der Waals surface area contributed by atoms with Gasteiger partial charge in [0.05, 0.1) is 18.4 Å². The summed E-state index contributed by atoms with van der Waals surface area (Å²) in [6, 6.07) is 14.4. The van der Waals surface area contributed by atoms with Gasteiger partial charge in [-0.2, -0.15) is 0 Å². The van der Waals surface area contributed by atoms with Crippen LogP contribution in [0.5, 0.6) is 5.75 Å². The molecule has 29 heavy (non-hydrogen) atoms. The van der Waals surface area contributed by atoms with Gasteiger partial charge in [0.15, 0.2) is 0 Å². The van der Waals surface area contributed by atoms with Crippen molar-refractivity contribution >= 4 is 23.1 Å². The molecule has 0 spiro atoms. The number of fused-ring (bicyclic) bond motifs is 1. The molecule has 0 aromatic heterocycles. The predicted octanol–water partition coefficient (Wildman–Crippen LogP) is 2.86. The number of carbonyl (C=O) groups is 2. The summed E-state index contributed by atoms with van der Waals surface area (Å²) in [7, 11) is 1.54. The van der Waals surface area contributed by atoms with Gasteiger partial charge in [-0.1, -0.05) is 37.3 Å². The molecule has 0 radical (unpaired) electrons. The number of piperazine rings is 1. The fourth-order valence-electron chi connectivity index (χ4n) is 3.90. The molecular formula is C23H25N3O3. The number of imide groups is 1. The van der Waals surface area contributed by atoms with Crippen LogP contribution in [0.15, 0.2) is 54.7 Å². The minimum absolute atomic E-state index is 0.323. The van der Waals surface area contributed by atoms with Crippen molar-refractivity contribution < 1.29 is 14.3 Å². The third-order valence-corrected chi connectivity index (χ3v) is 5.58. The molecule has 0 bridgehead atoms. The van der Waals surface area contributed by atoms with Gasteiger partial charge in [0.2, 0.25) is 0 Å². The van der Waals surface area contributed by atoms with E-state index < -0.39 is 0 Å². The lowest BCUT2D eigenvalue weighted by atomic mass is 9.93. The zero-order chi connectivity index (χ0) is 20.4. The first kappa shape index (κ1) is 19.2. The molecule has 0 aliphatic carbocycles. The highest BCUT2D eigenvalue weighted by Crippen LogP contribution is 2.36. The molecule has 1 saturated heterocycles. The second-order valence-corrected chi connectivity index (χ2v) is 7.18. The standard InChI is InChI=1S/C23H25N3O3/c1-3-24-12-14-25(15-13-24)16-19-17-8-4-5-9-18(17)22(27)26(23(19)28)20-10-6-7-11-21(20)29-2/h4-11,16H,3,12-15H2,1-2H3. The Morgan fingerprint density at radius 1 is 0.897 bits per heavy atom. The average Bonchev–Trinajstić information content (AvgIpc) is 2.77. The number of amides is 2. The molecule has 0 saturated carbocycles. The number of carbonyl (C=O) groups excluding carboxylic acids is 2. The second kappa shape index (κ2) is 8.09. The van der Waals surface area contributed by atoms with Crippen molar-refractivity contribution in [1.29, 1.82) is 0 Å². The van der Waals surface area contributed by atoms with Gasteiger partial charge in [-0.25, -0.2) is 4.90 Å². The summed E-state index contributed by atoms with van der Waals surface area (Å²) < 4.78 is 5.41. The summed E-state index contributed by atoms with van der Waals surface area (Å²) in [6.45, 7) is 6.83. The molecule has 150 valence electrons. The zero-order valence-electron chi connectivity index (χ0n) is 16.8. The van der Waals surface area contributed by atoms with E-state index in [1.165, 1.54) is 12.0 Å². The topological polar surface area (TPSA) is 53.1 Å². The lowest BCUT2D eigenvalue weighted by Gasteiger charge is -2.35. The summed E-state index contributed by atoms with van der Waals surface area (Å²) in [6.07, 6.45) is 1.92. The summed E-state index contributed by atoms with van der Waals surface area (Å²) >= 11 is 0. The molecule has 2 aromatic carbocycles. The van der Waals surface area contributed by atoms with Gasteiger partial charge in [0, 0.05) is 43.5 Å². The van der Waals surface area contributed by atoms with E-state index >= 15 is 0 Å². The first-order valence-corrected chi connectivity index (χ1v) is 9.93. The van der Waals surface area contributed by atoms with E-state index in [-0.39, 0.29) is 11.8 Å². The molecule has 0 unspecified atom stereocenters. The summed E-state index contributed by atoms with van der Waals surface area (Å²) in [5, 5.41) is 0. The fraction of sp³-hybridized carbons (Fsp3) is 0.304. The van der Waals surface area contributed by atoms with E-state index in [1.807, 2.05) is 30.5 Å². The second-order valence-electron chi connectivity index (χ2n) is 7.18. The number of para-hydroxylation sites is 2. The van der Waals surface area contributed by atoms with Gasteiger partial charge in [-0.15, -0.1) is 0 Å². The molecule has 0 N–H and O–H groups in total. The average molecular weight is 391 g/mol. The maximum absolute atomic E-state index is 13.5. The van der Waals surface area contributed by atoms with Crippen molar-refractivity contribution in [3.63, 3.8) is 0 Å². The number of rotatable bonds is 4. The molecule has 2 amide bonds. The zero-order valence-corrected chi connectivity index (χ0v) is 16.8. The third kappa shape index (κ3) is 3.51. The van der Waals surface area contributed by atoms with Crippen molar-refractivity contribution in [1.82, 2.24) is 9.80 Å². The molecule has 2 aliphatic heterocycles. The monoisotopic (exact) mass is 391 g/mol. The smallest absolute Gasteiger partial charge is 0.267 e. The van der Waals surface area contributed by atoms with Crippen molar-refractivity contribution in [2.24, 2.45) is 0 Å². The van der Waals surface area contributed by atoms with Gasteiger partial charge in [-0.05, 0) is 24.7 Å². The Balaban J connectivity index is 1.77. The maximum atomic E-state index is 13.5. The van der Waals surface area contributed by atoms with Gasteiger partial charge < -0.3 is 14.5 Å². The van der Waals surface area contributed by atoms with Crippen LogP contribution in [-0.2, 0) is 4.79 Å². The van der Waals surface area contributed by atoms with Crippen LogP contribution in [-0.4, -0.2) is 61.4 Å².